The van der Waals surface area contributed by atoms with Crippen molar-refractivity contribution in [3.63, 3.8) is 0 Å². The molecule has 2 aromatic carbocycles. The lowest BCUT2D eigenvalue weighted by Gasteiger charge is -2.07. The Morgan fingerprint density at radius 2 is 1.53 bits per heavy atom. The second-order valence-corrected chi connectivity index (χ2v) is 12.1. The van der Waals surface area contributed by atoms with Crippen LogP contribution in [0.15, 0.2) is 62.7 Å². The van der Waals surface area contributed by atoms with Crippen LogP contribution in [0.2, 0.25) is 0 Å². The summed E-state index contributed by atoms with van der Waals surface area (Å²) in [6, 6.07) is 12.0. The highest BCUT2D eigenvalue weighted by atomic mass is 32.2. The van der Waals surface area contributed by atoms with Crippen molar-refractivity contribution in [1.29, 1.82) is 0 Å². The van der Waals surface area contributed by atoms with Gasteiger partial charge in [-0.1, -0.05) is 24.2 Å². The van der Waals surface area contributed by atoms with E-state index in [2.05, 4.69) is 15.5 Å². The molecule has 0 spiro atoms. The summed E-state index contributed by atoms with van der Waals surface area (Å²) < 4.78 is 53.6. The summed E-state index contributed by atoms with van der Waals surface area (Å²) in [6.07, 6.45) is -0.00801. The Balaban J connectivity index is 1.65. The Morgan fingerprint density at radius 3 is 2.09 bits per heavy atom. The number of rotatable bonds is 8. The number of carbonyl (C=O) groups is 1. The molecule has 0 saturated heterocycles. The molecule has 0 radical (unpaired) electrons. The van der Waals surface area contributed by atoms with E-state index in [4.69, 9.17) is 4.42 Å². The normalized spacial score (nSPS) is 12.1. The third-order valence-corrected chi connectivity index (χ3v) is 8.67. The van der Waals surface area contributed by atoms with Crippen molar-refractivity contribution in [3.8, 4) is 11.5 Å². The number of hydrogen-bond acceptors (Lipinski definition) is 8. The third kappa shape index (κ3) is 5.22. The first-order valence-corrected chi connectivity index (χ1v) is 13.0. The van der Waals surface area contributed by atoms with Crippen LogP contribution in [-0.4, -0.2) is 43.9 Å². The van der Waals surface area contributed by atoms with Crippen molar-refractivity contribution >= 4 is 31.6 Å². The van der Waals surface area contributed by atoms with Crippen LogP contribution >= 0.6 is 0 Å². The zero-order chi connectivity index (χ0) is 23.5. The molecule has 0 atom stereocenters. The molecule has 0 unspecified atom stereocenters. The number of hydrogen-bond donors (Lipinski definition) is 1. The van der Waals surface area contributed by atoms with E-state index in [0.717, 1.165) is 0 Å². The Morgan fingerprint density at radius 1 is 0.938 bits per heavy atom. The molecule has 0 saturated carbocycles. The molecule has 11 heteroatoms. The van der Waals surface area contributed by atoms with Gasteiger partial charge in [-0.25, -0.2) is 16.8 Å². The van der Waals surface area contributed by atoms with Crippen molar-refractivity contribution in [2.24, 2.45) is 0 Å². The van der Waals surface area contributed by atoms with Gasteiger partial charge in [0.05, 0.1) is 27.2 Å². The summed E-state index contributed by atoms with van der Waals surface area (Å²) in [6.45, 7) is 4.78. The van der Waals surface area contributed by atoms with Gasteiger partial charge in [0.25, 0.3) is 0 Å². The van der Waals surface area contributed by atoms with Gasteiger partial charge in [0, 0.05) is 5.56 Å². The molecule has 32 heavy (non-hydrogen) atoms. The SMILES string of the molecule is CCS(=O)(=O)c1ccc(CC(=O)Nc2nnc(-c3ccc(S(=O)(=O)C(C)C)cc3)o2)cc1. The largest absolute Gasteiger partial charge is 0.403 e. The van der Waals surface area contributed by atoms with E-state index in [1.807, 2.05) is 0 Å². The van der Waals surface area contributed by atoms with Crippen molar-refractivity contribution in [1.82, 2.24) is 10.2 Å². The van der Waals surface area contributed by atoms with Crippen molar-refractivity contribution < 1.29 is 26.0 Å². The van der Waals surface area contributed by atoms with Gasteiger partial charge in [0.1, 0.15) is 0 Å². The maximum atomic E-state index is 12.3. The molecule has 0 aliphatic rings. The highest BCUT2D eigenvalue weighted by Crippen LogP contribution is 2.23. The number of anilines is 1. The monoisotopic (exact) mass is 477 g/mol. The summed E-state index contributed by atoms with van der Waals surface area (Å²) in [4.78, 5) is 12.7. The number of benzene rings is 2. The van der Waals surface area contributed by atoms with E-state index in [9.17, 15) is 21.6 Å². The van der Waals surface area contributed by atoms with Crippen LogP contribution in [0.4, 0.5) is 6.01 Å². The second-order valence-electron chi connectivity index (χ2n) is 7.30. The molecule has 1 aromatic heterocycles. The summed E-state index contributed by atoms with van der Waals surface area (Å²) in [7, 11) is -6.68. The maximum absolute atomic E-state index is 12.3. The Bertz CT molecular complexity index is 1310. The average Bonchev–Trinajstić information content (AvgIpc) is 3.22. The summed E-state index contributed by atoms with van der Waals surface area (Å²) in [5, 5.41) is 9.62. The number of amides is 1. The first-order valence-electron chi connectivity index (χ1n) is 9.82. The molecule has 1 N–H and O–H groups in total. The highest BCUT2D eigenvalue weighted by Gasteiger charge is 2.20. The molecule has 9 nitrogen and oxygen atoms in total. The van der Waals surface area contributed by atoms with E-state index in [0.29, 0.717) is 11.1 Å². The second kappa shape index (κ2) is 9.21. The first-order chi connectivity index (χ1) is 15.0. The number of carbonyl (C=O) groups excluding carboxylic acids is 1. The lowest BCUT2D eigenvalue weighted by Crippen LogP contribution is -2.14. The molecule has 1 heterocycles. The van der Waals surface area contributed by atoms with E-state index < -0.39 is 30.8 Å². The van der Waals surface area contributed by atoms with Gasteiger partial charge in [0.2, 0.25) is 11.8 Å². The van der Waals surface area contributed by atoms with E-state index in [1.54, 1.807) is 45.0 Å². The van der Waals surface area contributed by atoms with Gasteiger partial charge < -0.3 is 4.42 Å². The Kier molecular flexibility index (Phi) is 6.79. The van der Waals surface area contributed by atoms with Crippen molar-refractivity contribution in [2.75, 3.05) is 11.1 Å². The van der Waals surface area contributed by atoms with E-state index in [-0.39, 0.29) is 33.9 Å². The van der Waals surface area contributed by atoms with Gasteiger partial charge in [-0.15, -0.1) is 5.10 Å². The fourth-order valence-electron chi connectivity index (χ4n) is 2.78. The molecule has 1 amide bonds. The summed E-state index contributed by atoms with van der Waals surface area (Å²) >= 11 is 0. The number of aromatic nitrogens is 2. The molecule has 3 rings (SSSR count). The quantitative estimate of drug-likeness (QED) is 0.523. The molecule has 0 fully saturated rings. The fourth-order valence-corrected chi connectivity index (χ4v) is 4.72. The number of sulfone groups is 2. The fraction of sp³-hybridized carbons (Fsp3) is 0.286. The molecule has 0 aliphatic heterocycles. The molecule has 0 aliphatic carbocycles. The predicted octanol–water partition coefficient (Wildman–Crippen LogP) is 2.89. The van der Waals surface area contributed by atoms with Crippen molar-refractivity contribution in [3.05, 3.63) is 54.1 Å². The van der Waals surface area contributed by atoms with Crippen LogP contribution in [0.3, 0.4) is 0 Å². The lowest BCUT2D eigenvalue weighted by molar-refractivity contribution is -0.115. The van der Waals surface area contributed by atoms with Gasteiger partial charge in [-0.2, -0.15) is 0 Å². The Labute approximate surface area is 186 Å². The minimum absolute atomic E-state index is 0.00257. The standard InChI is InChI=1S/C21H23N3O6S2/c1-4-31(26,27)17-9-5-15(6-10-17)13-19(25)22-21-24-23-20(30-21)16-7-11-18(12-8-16)32(28,29)14(2)3/h5-12,14H,4,13H2,1-3H3,(H,22,24,25). The molecule has 3 aromatic rings. The molecular weight excluding hydrogens is 454 g/mol. The van der Waals surface area contributed by atoms with Crippen LogP contribution in [0.25, 0.3) is 11.5 Å². The average molecular weight is 478 g/mol. The molecular formula is C21H23N3O6S2. The zero-order valence-electron chi connectivity index (χ0n) is 17.8. The third-order valence-electron chi connectivity index (χ3n) is 4.75. The summed E-state index contributed by atoms with van der Waals surface area (Å²) in [5.74, 6) is -0.282. The minimum Gasteiger partial charge on any atom is -0.403 e. The Hall–Kier alpha value is -3.05. The zero-order valence-corrected chi connectivity index (χ0v) is 19.4. The molecule has 170 valence electrons. The van der Waals surface area contributed by atoms with E-state index in [1.165, 1.54) is 24.3 Å². The van der Waals surface area contributed by atoms with Gasteiger partial charge in [0.15, 0.2) is 19.7 Å². The number of nitrogens with zero attached hydrogens (tertiary/aromatic N) is 2. The topological polar surface area (TPSA) is 136 Å². The smallest absolute Gasteiger partial charge is 0.322 e. The van der Waals surface area contributed by atoms with Crippen LogP contribution in [0.5, 0.6) is 0 Å². The van der Waals surface area contributed by atoms with Crippen molar-refractivity contribution in [2.45, 2.75) is 42.2 Å². The van der Waals surface area contributed by atoms with Gasteiger partial charge >= 0.3 is 6.01 Å². The predicted molar refractivity (Wildman–Crippen MR) is 119 cm³/mol. The maximum Gasteiger partial charge on any atom is 0.322 e. The minimum atomic E-state index is -3.39. The van der Waals surface area contributed by atoms with Gasteiger partial charge in [-0.3, -0.25) is 10.1 Å². The lowest BCUT2D eigenvalue weighted by atomic mass is 10.1. The van der Waals surface area contributed by atoms with Crippen LogP contribution in [-0.2, 0) is 30.9 Å². The van der Waals surface area contributed by atoms with Crippen LogP contribution in [0.1, 0.15) is 26.3 Å². The van der Waals surface area contributed by atoms with Crippen LogP contribution in [0, 0.1) is 0 Å². The molecule has 0 bridgehead atoms. The van der Waals surface area contributed by atoms with E-state index >= 15 is 0 Å². The highest BCUT2D eigenvalue weighted by molar-refractivity contribution is 7.92. The first kappa shape index (κ1) is 23.6. The van der Waals surface area contributed by atoms with Gasteiger partial charge in [-0.05, 0) is 55.8 Å². The summed E-state index contributed by atoms with van der Waals surface area (Å²) in [5.41, 5.74) is 1.13. The number of nitrogens with one attached hydrogen (secondary N) is 1. The van der Waals surface area contributed by atoms with Crippen LogP contribution < -0.4 is 5.32 Å².